The number of carbonyl (C=O) groups is 1. The molecular formula is C16H18O2S. The number of rotatable bonds is 6. The third-order valence-electron chi connectivity index (χ3n) is 3.08. The van der Waals surface area contributed by atoms with Gasteiger partial charge in [0.2, 0.25) is 0 Å². The zero-order valence-corrected chi connectivity index (χ0v) is 12.1. The number of carbonyl (C=O) groups excluding carboxylic acids is 1. The Hall–Kier alpha value is -1.61. The van der Waals surface area contributed by atoms with Crippen LogP contribution in [0.4, 0.5) is 0 Å². The zero-order chi connectivity index (χ0) is 13.7. The molecule has 0 amide bonds. The summed E-state index contributed by atoms with van der Waals surface area (Å²) in [5.41, 5.74) is 1.17. The van der Waals surface area contributed by atoms with Crippen molar-refractivity contribution in [2.45, 2.75) is 26.2 Å². The lowest BCUT2D eigenvalue weighted by atomic mass is 10.1. The van der Waals surface area contributed by atoms with E-state index in [0.717, 1.165) is 23.5 Å². The number of methoxy groups -OCH3 is 1. The monoisotopic (exact) mass is 274 g/mol. The van der Waals surface area contributed by atoms with E-state index < -0.39 is 0 Å². The van der Waals surface area contributed by atoms with Gasteiger partial charge in [0.1, 0.15) is 5.75 Å². The molecule has 0 aliphatic rings. The number of Topliss-reactive ketones (excluding diaryl/α,β-unsaturated/α-hetero) is 1. The lowest BCUT2D eigenvalue weighted by Gasteiger charge is -2.02. The van der Waals surface area contributed by atoms with E-state index in [1.54, 1.807) is 18.4 Å². The van der Waals surface area contributed by atoms with E-state index in [4.69, 9.17) is 4.74 Å². The number of hydrogen-bond acceptors (Lipinski definition) is 3. The summed E-state index contributed by atoms with van der Waals surface area (Å²) < 4.78 is 5.11. The molecule has 0 N–H and O–H groups in total. The standard InChI is InChI=1S/C16H18O2S/c1-3-14-9-11-16(19-14)15(17)10-6-12-4-7-13(18-2)8-5-12/h4-5,7-9,11H,3,6,10H2,1-2H3. The highest BCUT2D eigenvalue weighted by molar-refractivity contribution is 7.14. The predicted molar refractivity (Wildman–Crippen MR) is 79.3 cm³/mol. The molecule has 19 heavy (non-hydrogen) atoms. The molecule has 2 nitrogen and oxygen atoms in total. The van der Waals surface area contributed by atoms with Gasteiger partial charge in [0.25, 0.3) is 0 Å². The van der Waals surface area contributed by atoms with Crippen molar-refractivity contribution in [3.63, 3.8) is 0 Å². The molecule has 0 spiro atoms. The van der Waals surface area contributed by atoms with E-state index >= 15 is 0 Å². The Morgan fingerprint density at radius 1 is 1.16 bits per heavy atom. The molecule has 2 aromatic rings. The van der Waals surface area contributed by atoms with E-state index in [0.29, 0.717) is 6.42 Å². The Morgan fingerprint density at radius 2 is 1.89 bits per heavy atom. The van der Waals surface area contributed by atoms with Crippen LogP contribution >= 0.6 is 11.3 Å². The second kappa shape index (κ2) is 6.53. The quantitative estimate of drug-likeness (QED) is 0.740. The normalized spacial score (nSPS) is 10.4. The first-order valence-corrected chi connectivity index (χ1v) is 7.29. The van der Waals surface area contributed by atoms with Crippen LogP contribution in [0.1, 0.15) is 33.5 Å². The second-order valence-electron chi connectivity index (χ2n) is 4.39. The number of ether oxygens (including phenoxy) is 1. The molecule has 0 radical (unpaired) electrons. The molecule has 0 bridgehead atoms. The van der Waals surface area contributed by atoms with Gasteiger partial charge < -0.3 is 4.74 Å². The van der Waals surface area contributed by atoms with E-state index in [9.17, 15) is 4.79 Å². The average Bonchev–Trinajstić information content (AvgIpc) is 2.94. The van der Waals surface area contributed by atoms with Crippen molar-refractivity contribution in [1.82, 2.24) is 0 Å². The van der Waals surface area contributed by atoms with E-state index in [1.807, 2.05) is 36.4 Å². The Labute approximate surface area is 118 Å². The SMILES string of the molecule is CCc1ccc(C(=O)CCc2ccc(OC)cc2)s1. The van der Waals surface area contributed by atoms with Crippen molar-refractivity contribution in [3.8, 4) is 5.75 Å². The molecule has 0 unspecified atom stereocenters. The number of benzene rings is 1. The van der Waals surface area contributed by atoms with Crippen LogP contribution in [0, 0.1) is 0 Å². The summed E-state index contributed by atoms with van der Waals surface area (Å²) >= 11 is 1.61. The van der Waals surface area contributed by atoms with Gasteiger partial charge in [-0.05, 0) is 42.7 Å². The molecule has 3 heteroatoms. The predicted octanol–water partition coefficient (Wildman–Crippen LogP) is 4.13. The van der Waals surface area contributed by atoms with Gasteiger partial charge in [-0.15, -0.1) is 11.3 Å². The summed E-state index contributed by atoms with van der Waals surface area (Å²) in [6.45, 7) is 2.11. The Kier molecular flexibility index (Phi) is 4.74. The summed E-state index contributed by atoms with van der Waals surface area (Å²) in [5, 5.41) is 0. The molecule has 2 rings (SSSR count). The van der Waals surface area contributed by atoms with Crippen LogP contribution in [0.5, 0.6) is 5.75 Å². The van der Waals surface area contributed by atoms with Crippen LogP contribution < -0.4 is 4.74 Å². The van der Waals surface area contributed by atoms with Gasteiger partial charge in [-0.1, -0.05) is 19.1 Å². The molecule has 0 saturated heterocycles. The molecule has 0 aliphatic carbocycles. The maximum atomic E-state index is 12.1. The highest BCUT2D eigenvalue weighted by Crippen LogP contribution is 2.20. The Bertz CT molecular complexity index is 540. The average molecular weight is 274 g/mol. The lowest BCUT2D eigenvalue weighted by Crippen LogP contribution is -1.98. The molecule has 0 saturated carbocycles. The summed E-state index contributed by atoms with van der Waals surface area (Å²) in [6, 6.07) is 11.9. The smallest absolute Gasteiger partial charge is 0.173 e. The van der Waals surface area contributed by atoms with Crippen LogP contribution in [0.2, 0.25) is 0 Å². The molecule has 1 heterocycles. The second-order valence-corrected chi connectivity index (χ2v) is 5.56. The van der Waals surface area contributed by atoms with Gasteiger partial charge >= 0.3 is 0 Å². The van der Waals surface area contributed by atoms with Crippen molar-refractivity contribution in [2.75, 3.05) is 7.11 Å². The van der Waals surface area contributed by atoms with Crippen LogP contribution in [0.3, 0.4) is 0 Å². The van der Waals surface area contributed by atoms with Crippen molar-refractivity contribution in [1.29, 1.82) is 0 Å². The van der Waals surface area contributed by atoms with Gasteiger partial charge in [0.15, 0.2) is 5.78 Å². The van der Waals surface area contributed by atoms with Gasteiger partial charge in [-0.25, -0.2) is 0 Å². The largest absolute Gasteiger partial charge is 0.497 e. The van der Waals surface area contributed by atoms with Crippen molar-refractivity contribution in [3.05, 3.63) is 51.7 Å². The van der Waals surface area contributed by atoms with Crippen LogP contribution in [-0.4, -0.2) is 12.9 Å². The third-order valence-corrected chi connectivity index (χ3v) is 4.36. The van der Waals surface area contributed by atoms with Crippen LogP contribution in [-0.2, 0) is 12.8 Å². The minimum atomic E-state index is 0.237. The third kappa shape index (κ3) is 3.67. The lowest BCUT2D eigenvalue weighted by molar-refractivity contribution is 0.0987. The summed E-state index contributed by atoms with van der Waals surface area (Å²) in [7, 11) is 1.65. The fourth-order valence-corrected chi connectivity index (χ4v) is 2.81. The van der Waals surface area contributed by atoms with Crippen molar-refractivity contribution >= 4 is 17.1 Å². The molecule has 100 valence electrons. The van der Waals surface area contributed by atoms with E-state index in [1.165, 1.54) is 10.4 Å². The Morgan fingerprint density at radius 3 is 2.47 bits per heavy atom. The maximum absolute atomic E-state index is 12.1. The highest BCUT2D eigenvalue weighted by atomic mass is 32.1. The topological polar surface area (TPSA) is 26.3 Å². The van der Waals surface area contributed by atoms with Gasteiger partial charge in [0, 0.05) is 11.3 Å². The van der Waals surface area contributed by atoms with Gasteiger partial charge in [-0.2, -0.15) is 0 Å². The zero-order valence-electron chi connectivity index (χ0n) is 11.3. The minimum Gasteiger partial charge on any atom is -0.497 e. The fourth-order valence-electron chi connectivity index (χ4n) is 1.89. The number of aryl methyl sites for hydroxylation is 2. The number of hydrogen-bond donors (Lipinski definition) is 0. The maximum Gasteiger partial charge on any atom is 0.173 e. The summed E-state index contributed by atoms with van der Waals surface area (Å²) in [6.07, 6.45) is 2.34. The first-order valence-electron chi connectivity index (χ1n) is 6.47. The van der Waals surface area contributed by atoms with Crippen molar-refractivity contribution in [2.24, 2.45) is 0 Å². The van der Waals surface area contributed by atoms with Crippen LogP contribution in [0.25, 0.3) is 0 Å². The molecule has 0 fully saturated rings. The van der Waals surface area contributed by atoms with Gasteiger partial charge in [0.05, 0.1) is 12.0 Å². The Balaban J connectivity index is 1.92. The highest BCUT2D eigenvalue weighted by Gasteiger charge is 2.09. The van der Waals surface area contributed by atoms with E-state index in [2.05, 4.69) is 6.92 Å². The molecular weight excluding hydrogens is 256 g/mol. The first kappa shape index (κ1) is 13.8. The van der Waals surface area contributed by atoms with E-state index in [-0.39, 0.29) is 5.78 Å². The minimum absolute atomic E-state index is 0.237. The number of thiophene rings is 1. The molecule has 0 atom stereocenters. The molecule has 1 aromatic heterocycles. The first-order chi connectivity index (χ1) is 9.22. The van der Waals surface area contributed by atoms with Crippen molar-refractivity contribution < 1.29 is 9.53 Å². The fraction of sp³-hybridized carbons (Fsp3) is 0.312. The van der Waals surface area contributed by atoms with Gasteiger partial charge in [-0.3, -0.25) is 4.79 Å². The molecule has 0 aliphatic heterocycles. The summed E-state index contributed by atoms with van der Waals surface area (Å²) in [5.74, 6) is 1.08. The molecule has 1 aromatic carbocycles. The number of ketones is 1. The van der Waals surface area contributed by atoms with Crippen LogP contribution in [0.15, 0.2) is 36.4 Å². The summed E-state index contributed by atoms with van der Waals surface area (Å²) in [4.78, 5) is 14.2.